The van der Waals surface area contributed by atoms with Gasteiger partial charge in [0, 0.05) is 11.3 Å². The van der Waals surface area contributed by atoms with E-state index in [1.165, 1.54) is 23.9 Å². The Labute approximate surface area is 97.1 Å². The molecular formula is C11H11FN2OS. The van der Waals surface area contributed by atoms with Crippen LogP contribution >= 0.6 is 11.8 Å². The monoisotopic (exact) mass is 238 g/mol. The molecule has 0 spiro atoms. The van der Waals surface area contributed by atoms with Crippen LogP contribution in [0.5, 0.6) is 0 Å². The minimum atomic E-state index is -0.274. The molecule has 0 aliphatic rings. The average molecular weight is 238 g/mol. The summed E-state index contributed by atoms with van der Waals surface area (Å²) in [5.74, 6) is 1.10. The van der Waals surface area contributed by atoms with Crippen LogP contribution in [0.1, 0.15) is 13.3 Å². The first-order valence-electron chi connectivity index (χ1n) is 5.02. The van der Waals surface area contributed by atoms with Crippen LogP contribution in [-0.2, 0) is 0 Å². The van der Waals surface area contributed by atoms with Gasteiger partial charge in [-0.15, -0.1) is 10.2 Å². The summed E-state index contributed by atoms with van der Waals surface area (Å²) in [5, 5.41) is 8.37. The first-order chi connectivity index (χ1) is 7.79. The van der Waals surface area contributed by atoms with Crippen molar-refractivity contribution in [2.24, 2.45) is 0 Å². The van der Waals surface area contributed by atoms with Gasteiger partial charge in [-0.05, 0) is 30.7 Å². The van der Waals surface area contributed by atoms with Crippen LogP contribution in [0.2, 0.25) is 0 Å². The lowest BCUT2D eigenvalue weighted by Gasteiger charge is -1.93. The van der Waals surface area contributed by atoms with Crippen LogP contribution in [0.15, 0.2) is 33.9 Å². The van der Waals surface area contributed by atoms with E-state index in [4.69, 9.17) is 4.42 Å². The molecule has 0 N–H and O–H groups in total. The molecule has 1 aromatic heterocycles. The second-order valence-corrected chi connectivity index (χ2v) is 4.27. The SMILES string of the molecule is CCCSc1nnc(-c2ccc(F)cc2)o1. The Morgan fingerprint density at radius 2 is 2.00 bits per heavy atom. The highest BCUT2D eigenvalue weighted by Crippen LogP contribution is 2.23. The Balaban J connectivity index is 2.15. The second-order valence-electron chi connectivity index (χ2n) is 3.23. The van der Waals surface area contributed by atoms with E-state index in [-0.39, 0.29) is 5.82 Å². The van der Waals surface area contributed by atoms with Gasteiger partial charge in [-0.1, -0.05) is 18.7 Å². The highest BCUT2D eigenvalue weighted by Gasteiger charge is 2.08. The molecule has 84 valence electrons. The van der Waals surface area contributed by atoms with Gasteiger partial charge >= 0.3 is 0 Å². The molecule has 0 aliphatic heterocycles. The Bertz CT molecular complexity index is 455. The number of benzene rings is 1. The third-order valence-corrected chi connectivity index (χ3v) is 2.95. The molecule has 1 heterocycles. The van der Waals surface area contributed by atoms with E-state index in [1.54, 1.807) is 12.1 Å². The lowest BCUT2D eigenvalue weighted by molar-refractivity contribution is 0.466. The molecule has 0 bridgehead atoms. The van der Waals surface area contributed by atoms with Gasteiger partial charge in [-0.2, -0.15) is 0 Å². The van der Waals surface area contributed by atoms with E-state index in [0.717, 1.165) is 17.7 Å². The Morgan fingerprint density at radius 3 is 2.69 bits per heavy atom. The summed E-state index contributed by atoms with van der Waals surface area (Å²) in [4.78, 5) is 0. The number of aromatic nitrogens is 2. The zero-order valence-electron chi connectivity index (χ0n) is 8.81. The number of halogens is 1. The van der Waals surface area contributed by atoms with Crippen molar-refractivity contribution in [3.05, 3.63) is 30.1 Å². The van der Waals surface area contributed by atoms with Crippen molar-refractivity contribution in [1.82, 2.24) is 10.2 Å². The largest absolute Gasteiger partial charge is 0.411 e. The third kappa shape index (κ3) is 2.61. The Hall–Kier alpha value is -1.36. The Kier molecular flexibility index (Phi) is 3.56. The van der Waals surface area contributed by atoms with Crippen LogP contribution in [0.4, 0.5) is 4.39 Å². The quantitative estimate of drug-likeness (QED) is 0.765. The van der Waals surface area contributed by atoms with Crippen LogP contribution in [0.25, 0.3) is 11.5 Å². The van der Waals surface area contributed by atoms with Gasteiger partial charge in [0.1, 0.15) is 5.82 Å². The fraction of sp³-hybridized carbons (Fsp3) is 0.273. The minimum Gasteiger partial charge on any atom is -0.411 e. The summed E-state index contributed by atoms with van der Waals surface area (Å²) < 4.78 is 18.1. The summed E-state index contributed by atoms with van der Waals surface area (Å²) in [6.45, 7) is 2.09. The minimum absolute atomic E-state index is 0.274. The van der Waals surface area contributed by atoms with Crippen molar-refractivity contribution in [1.29, 1.82) is 0 Å². The molecule has 0 unspecified atom stereocenters. The molecule has 0 aliphatic carbocycles. The van der Waals surface area contributed by atoms with E-state index in [0.29, 0.717) is 11.1 Å². The van der Waals surface area contributed by atoms with Crippen LogP contribution in [-0.4, -0.2) is 16.0 Å². The molecular weight excluding hydrogens is 227 g/mol. The van der Waals surface area contributed by atoms with Crippen molar-refractivity contribution in [3.63, 3.8) is 0 Å². The molecule has 2 rings (SSSR count). The molecule has 2 aromatic rings. The van der Waals surface area contributed by atoms with Crippen LogP contribution in [0, 0.1) is 5.82 Å². The highest BCUT2D eigenvalue weighted by molar-refractivity contribution is 7.99. The van der Waals surface area contributed by atoms with Crippen LogP contribution < -0.4 is 0 Å². The van der Waals surface area contributed by atoms with Crippen molar-refractivity contribution in [2.45, 2.75) is 18.6 Å². The Morgan fingerprint density at radius 1 is 1.25 bits per heavy atom. The second kappa shape index (κ2) is 5.12. The topological polar surface area (TPSA) is 38.9 Å². The van der Waals surface area contributed by atoms with E-state index in [9.17, 15) is 4.39 Å². The number of thioether (sulfide) groups is 1. The van der Waals surface area contributed by atoms with Gasteiger partial charge in [-0.25, -0.2) is 4.39 Å². The normalized spacial score (nSPS) is 10.6. The summed E-state index contributed by atoms with van der Waals surface area (Å²) >= 11 is 1.52. The number of nitrogens with zero attached hydrogens (tertiary/aromatic N) is 2. The maximum absolute atomic E-state index is 12.7. The molecule has 5 heteroatoms. The maximum Gasteiger partial charge on any atom is 0.276 e. The van der Waals surface area contributed by atoms with E-state index < -0.39 is 0 Å². The summed E-state index contributed by atoms with van der Waals surface area (Å²) in [6, 6.07) is 5.99. The molecule has 0 saturated heterocycles. The van der Waals surface area contributed by atoms with Gasteiger partial charge in [0.15, 0.2) is 0 Å². The van der Waals surface area contributed by atoms with Crippen molar-refractivity contribution in [3.8, 4) is 11.5 Å². The van der Waals surface area contributed by atoms with E-state index in [2.05, 4.69) is 17.1 Å². The summed E-state index contributed by atoms with van der Waals surface area (Å²) in [7, 11) is 0. The summed E-state index contributed by atoms with van der Waals surface area (Å²) in [5.41, 5.74) is 0.734. The lowest BCUT2D eigenvalue weighted by atomic mass is 10.2. The predicted octanol–water partition coefficient (Wildman–Crippen LogP) is 3.38. The van der Waals surface area contributed by atoms with Gasteiger partial charge in [0.2, 0.25) is 5.89 Å². The third-order valence-electron chi connectivity index (χ3n) is 1.93. The smallest absolute Gasteiger partial charge is 0.276 e. The molecule has 1 aromatic carbocycles. The van der Waals surface area contributed by atoms with Crippen molar-refractivity contribution < 1.29 is 8.81 Å². The zero-order valence-corrected chi connectivity index (χ0v) is 9.63. The van der Waals surface area contributed by atoms with Crippen molar-refractivity contribution >= 4 is 11.8 Å². The van der Waals surface area contributed by atoms with Gasteiger partial charge in [0.25, 0.3) is 5.22 Å². The molecule has 0 amide bonds. The van der Waals surface area contributed by atoms with Crippen LogP contribution in [0.3, 0.4) is 0 Å². The maximum atomic E-state index is 12.7. The highest BCUT2D eigenvalue weighted by atomic mass is 32.2. The average Bonchev–Trinajstić information content (AvgIpc) is 2.76. The standard InChI is InChI=1S/C11H11FN2OS/c1-2-7-16-11-14-13-10(15-11)8-3-5-9(12)6-4-8/h3-6H,2,7H2,1H3. The number of hydrogen-bond acceptors (Lipinski definition) is 4. The molecule has 0 fully saturated rings. The van der Waals surface area contributed by atoms with Gasteiger partial charge in [0.05, 0.1) is 0 Å². The first kappa shape index (κ1) is 11.1. The molecule has 0 radical (unpaired) electrons. The molecule has 16 heavy (non-hydrogen) atoms. The molecule has 0 saturated carbocycles. The van der Waals surface area contributed by atoms with E-state index in [1.807, 2.05) is 0 Å². The van der Waals surface area contributed by atoms with Crippen molar-refractivity contribution in [2.75, 3.05) is 5.75 Å². The molecule has 0 atom stereocenters. The lowest BCUT2D eigenvalue weighted by Crippen LogP contribution is -1.78. The fourth-order valence-corrected chi connectivity index (χ4v) is 1.78. The van der Waals surface area contributed by atoms with E-state index >= 15 is 0 Å². The first-order valence-corrected chi connectivity index (χ1v) is 6.00. The number of rotatable bonds is 4. The zero-order chi connectivity index (χ0) is 11.4. The summed E-state index contributed by atoms with van der Waals surface area (Å²) in [6.07, 6.45) is 1.05. The fourth-order valence-electron chi connectivity index (χ4n) is 1.17. The molecule has 3 nitrogen and oxygen atoms in total. The van der Waals surface area contributed by atoms with Gasteiger partial charge in [-0.3, -0.25) is 0 Å². The predicted molar refractivity (Wildman–Crippen MR) is 60.7 cm³/mol. The van der Waals surface area contributed by atoms with Gasteiger partial charge < -0.3 is 4.42 Å². The number of hydrogen-bond donors (Lipinski definition) is 0.